The number of rotatable bonds is 1. The predicted molar refractivity (Wildman–Crippen MR) is 76.9 cm³/mol. The molecule has 0 spiro atoms. The standard InChI is InChI=1S/C14H18N4O2/c1-16-10-15-12-9-11(3-4-13(12)16)17(2)14(19)18-5-7-20-8-6-18/h3-4,9-10H,5-8H2,1-2H3. The second-order valence-corrected chi connectivity index (χ2v) is 4.97. The van der Waals surface area contributed by atoms with Crippen LogP contribution in [-0.4, -0.2) is 53.8 Å². The molecule has 0 aliphatic carbocycles. The summed E-state index contributed by atoms with van der Waals surface area (Å²) in [5.41, 5.74) is 2.81. The molecule has 2 amide bonds. The third-order valence-corrected chi connectivity index (χ3v) is 3.66. The van der Waals surface area contributed by atoms with Crippen molar-refractivity contribution in [3.8, 4) is 0 Å². The van der Waals surface area contributed by atoms with Crippen LogP contribution in [0.15, 0.2) is 24.5 Å². The average Bonchev–Trinajstić information content (AvgIpc) is 2.87. The molecule has 0 N–H and O–H groups in total. The van der Waals surface area contributed by atoms with Gasteiger partial charge in [-0.1, -0.05) is 0 Å². The van der Waals surface area contributed by atoms with Crippen LogP contribution < -0.4 is 4.90 Å². The van der Waals surface area contributed by atoms with Gasteiger partial charge in [-0.2, -0.15) is 0 Å². The van der Waals surface area contributed by atoms with E-state index in [2.05, 4.69) is 4.98 Å². The molecule has 1 aliphatic heterocycles. The molecule has 2 aromatic rings. The molecule has 3 rings (SSSR count). The fourth-order valence-electron chi connectivity index (χ4n) is 2.41. The molecule has 6 nitrogen and oxygen atoms in total. The molecule has 6 heteroatoms. The van der Waals surface area contributed by atoms with Gasteiger partial charge in [0.15, 0.2) is 0 Å². The molecule has 20 heavy (non-hydrogen) atoms. The molecule has 0 atom stereocenters. The van der Waals surface area contributed by atoms with Gasteiger partial charge in [-0.3, -0.25) is 4.90 Å². The van der Waals surface area contributed by atoms with Crippen LogP contribution >= 0.6 is 0 Å². The van der Waals surface area contributed by atoms with Crippen molar-refractivity contribution in [1.29, 1.82) is 0 Å². The van der Waals surface area contributed by atoms with Gasteiger partial charge in [0.1, 0.15) is 0 Å². The number of nitrogens with zero attached hydrogens (tertiary/aromatic N) is 4. The first-order chi connectivity index (χ1) is 9.66. The number of hydrogen-bond donors (Lipinski definition) is 0. The van der Waals surface area contributed by atoms with Crippen LogP contribution in [-0.2, 0) is 11.8 Å². The highest BCUT2D eigenvalue weighted by molar-refractivity contribution is 5.93. The number of ether oxygens (including phenoxy) is 1. The number of carbonyl (C=O) groups is 1. The van der Waals surface area contributed by atoms with E-state index < -0.39 is 0 Å². The molecular formula is C14H18N4O2. The number of aryl methyl sites for hydroxylation is 1. The molecule has 106 valence electrons. The minimum absolute atomic E-state index is 0.00332. The maximum atomic E-state index is 12.4. The average molecular weight is 274 g/mol. The number of morpholine rings is 1. The van der Waals surface area contributed by atoms with Crippen LogP contribution in [0.25, 0.3) is 11.0 Å². The van der Waals surface area contributed by atoms with Crippen molar-refractivity contribution in [3.63, 3.8) is 0 Å². The molecule has 0 saturated carbocycles. The third kappa shape index (κ3) is 2.22. The number of imidazole rings is 1. The topological polar surface area (TPSA) is 50.6 Å². The number of hydrogen-bond acceptors (Lipinski definition) is 3. The van der Waals surface area contributed by atoms with Crippen molar-refractivity contribution in [1.82, 2.24) is 14.5 Å². The number of carbonyl (C=O) groups excluding carboxylic acids is 1. The predicted octanol–water partition coefficient (Wildman–Crippen LogP) is 1.46. The van der Waals surface area contributed by atoms with Crippen molar-refractivity contribution < 1.29 is 9.53 Å². The van der Waals surface area contributed by atoms with Gasteiger partial charge in [-0.25, -0.2) is 9.78 Å². The summed E-state index contributed by atoms with van der Waals surface area (Å²) in [5.74, 6) is 0. The molecule has 1 fully saturated rings. The number of anilines is 1. The van der Waals surface area contributed by atoms with Crippen LogP contribution in [0.1, 0.15) is 0 Å². The number of aromatic nitrogens is 2. The van der Waals surface area contributed by atoms with Crippen molar-refractivity contribution in [2.45, 2.75) is 0 Å². The minimum Gasteiger partial charge on any atom is -0.378 e. The fraction of sp³-hybridized carbons (Fsp3) is 0.429. The number of benzene rings is 1. The Morgan fingerprint density at radius 1 is 1.35 bits per heavy atom. The van der Waals surface area contributed by atoms with Crippen molar-refractivity contribution in [2.75, 3.05) is 38.3 Å². The number of amides is 2. The summed E-state index contributed by atoms with van der Waals surface area (Å²) < 4.78 is 7.23. The van der Waals surface area contributed by atoms with Crippen LogP contribution in [0.5, 0.6) is 0 Å². The molecule has 2 heterocycles. The first kappa shape index (κ1) is 12.9. The molecule has 1 saturated heterocycles. The highest BCUT2D eigenvalue weighted by Crippen LogP contribution is 2.21. The van der Waals surface area contributed by atoms with Gasteiger partial charge < -0.3 is 14.2 Å². The Labute approximate surface area is 117 Å². The Kier molecular flexibility index (Phi) is 3.31. The first-order valence-electron chi connectivity index (χ1n) is 6.68. The van der Waals surface area contributed by atoms with Gasteiger partial charge in [0.05, 0.1) is 30.6 Å². The van der Waals surface area contributed by atoms with E-state index in [1.54, 1.807) is 18.3 Å². The Morgan fingerprint density at radius 2 is 2.10 bits per heavy atom. The lowest BCUT2D eigenvalue weighted by Gasteiger charge is -2.31. The zero-order valence-corrected chi connectivity index (χ0v) is 11.7. The summed E-state index contributed by atoms with van der Waals surface area (Å²) >= 11 is 0. The lowest BCUT2D eigenvalue weighted by molar-refractivity contribution is 0.0551. The van der Waals surface area contributed by atoms with Gasteiger partial charge in [0.2, 0.25) is 0 Å². The largest absolute Gasteiger partial charge is 0.378 e. The zero-order chi connectivity index (χ0) is 14.1. The monoisotopic (exact) mass is 274 g/mol. The number of fused-ring (bicyclic) bond motifs is 1. The van der Waals surface area contributed by atoms with Gasteiger partial charge in [0, 0.05) is 32.9 Å². The minimum atomic E-state index is 0.00332. The van der Waals surface area contributed by atoms with E-state index in [-0.39, 0.29) is 6.03 Å². The van der Waals surface area contributed by atoms with Crippen LogP contribution in [0.2, 0.25) is 0 Å². The van der Waals surface area contributed by atoms with Crippen LogP contribution in [0.3, 0.4) is 0 Å². The molecular weight excluding hydrogens is 256 g/mol. The quantitative estimate of drug-likeness (QED) is 0.791. The van der Waals surface area contributed by atoms with E-state index in [4.69, 9.17) is 4.74 Å². The van der Waals surface area contributed by atoms with Gasteiger partial charge in [-0.05, 0) is 18.2 Å². The highest BCUT2D eigenvalue weighted by atomic mass is 16.5. The fourth-order valence-corrected chi connectivity index (χ4v) is 2.41. The van der Waals surface area contributed by atoms with E-state index in [1.807, 2.05) is 34.7 Å². The van der Waals surface area contributed by atoms with Gasteiger partial charge in [0.25, 0.3) is 0 Å². The Balaban J connectivity index is 1.83. The molecule has 1 aromatic carbocycles. The summed E-state index contributed by atoms with van der Waals surface area (Å²) in [4.78, 5) is 20.2. The summed E-state index contributed by atoms with van der Waals surface area (Å²) in [7, 11) is 3.75. The van der Waals surface area contributed by atoms with Crippen LogP contribution in [0.4, 0.5) is 10.5 Å². The molecule has 1 aromatic heterocycles. The highest BCUT2D eigenvalue weighted by Gasteiger charge is 2.21. The number of urea groups is 1. The van der Waals surface area contributed by atoms with E-state index in [0.717, 1.165) is 16.7 Å². The van der Waals surface area contributed by atoms with Crippen molar-refractivity contribution in [3.05, 3.63) is 24.5 Å². The Hall–Kier alpha value is -2.08. The van der Waals surface area contributed by atoms with E-state index in [9.17, 15) is 4.79 Å². The molecule has 0 radical (unpaired) electrons. The Morgan fingerprint density at radius 3 is 2.85 bits per heavy atom. The lowest BCUT2D eigenvalue weighted by Crippen LogP contribution is -2.47. The maximum absolute atomic E-state index is 12.4. The lowest BCUT2D eigenvalue weighted by atomic mass is 10.2. The van der Waals surface area contributed by atoms with Gasteiger partial charge >= 0.3 is 6.03 Å². The third-order valence-electron chi connectivity index (χ3n) is 3.66. The maximum Gasteiger partial charge on any atom is 0.324 e. The SMILES string of the molecule is CN(C(=O)N1CCOCC1)c1ccc2c(c1)ncn2C. The summed E-state index contributed by atoms with van der Waals surface area (Å²) in [6.45, 7) is 2.52. The van der Waals surface area contributed by atoms with Crippen molar-refractivity contribution in [2.24, 2.45) is 7.05 Å². The molecule has 1 aliphatic rings. The normalized spacial score (nSPS) is 15.6. The summed E-state index contributed by atoms with van der Waals surface area (Å²) in [6.07, 6.45) is 1.78. The molecule has 0 bridgehead atoms. The zero-order valence-electron chi connectivity index (χ0n) is 11.7. The summed E-state index contributed by atoms with van der Waals surface area (Å²) in [5, 5.41) is 0. The Bertz CT molecular complexity index is 631. The van der Waals surface area contributed by atoms with E-state index in [1.165, 1.54) is 0 Å². The first-order valence-corrected chi connectivity index (χ1v) is 6.68. The smallest absolute Gasteiger partial charge is 0.324 e. The van der Waals surface area contributed by atoms with E-state index in [0.29, 0.717) is 26.3 Å². The second-order valence-electron chi connectivity index (χ2n) is 4.97. The summed E-state index contributed by atoms with van der Waals surface area (Å²) in [6, 6.07) is 5.88. The van der Waals surface area contributed by atoms with Gasteiger partial charge in [-0.15, -0.1) is 0 Å². The van der Waals surface area contributed by atoms with Crippen LogP contribution in [0, 0.1) is 0 Å². The molecule has 0 unspecified atom stereocenters. The van der Waals surface area contributed by atoms with Crippen molar-refractivity contribution >= 4 is 22.8 Å². The second kappa shape index (κ2) is 5.13. The van der Waals surface area contributed by atoms with E-state index >= 15 is 0 Å².